The van der Waals surface area contributed by atoms with Gasteiger partial charge in [-0.05, 0) is 45.3 Å². The predicted molar refractivity (Wildman–Crippen MR) is 119 cm³/mol. The van der Waals surface area contributed by atoms with Gasteiger partial charge in [-0.2, -0.15) is 4.98 Å². The van der Waals surface area contributed by atoms with Crippen LogP contribution < -0.4 is 10.6 Å². The lowest BCUT2D eigenvalue weighted by Gasteiger charge is -2.13. The van der Waals surface area contributed by atoms with Gasteiger partial charge in [-0.15, -0.1) is 0 Å². The fourth-order valence-electron chi connectivity index (χ4n) is 2.72. The van der Waals surface area contributed by atoms with E-state index in [0.29, 0.717) is 21.8 Å². The molecule has 1 aromatic heterocycles. The van der Waals surface area contributed by atoms with Gasteiger partial charge in [-0.1, -0.05) is 53.5 Å². The molecule has 0 bridgehead atoms. The van der Waals surface area contributed by atoms with Crippen molar-refractivity contribution in [2.45, 2.75) is 6.42 Å². The van der Waals surface area contributed by atoms with Crippen LogP contribution in [0.5, 0.6) is 0 Å². The van der Waals surface area contributed by atoms with E-state index < -0.39 is 0 Å². The van der Waals surface area contributed by atoms with Gasteiger partial charge in [0.1, 0.15) is 5.82 Å². The fourth-order valence-corrected chi connectivity index (χ4v) is 3.24. The molecule has 0 fully saturated rings. The number of hydrogen-bond donors (Lipinski definition) is 2. The van der Waals surface area contributed by atoms with Crippen molar-refractivity contribution in [3.63, 3.8) is 0 Å². The molecule has 0 saturated carbocycles. The van der Waals surface area contributed by atoms with E-state index in [-0.39, 0.29) is 0 Å². The van der Waals surface area contributed by atoms with Crippen molar-refractivity contribution in [3.05, 3.63) is 64.6 Å². The van der Waals surface area contributed by atoms with Crippen LogP contribution in [0, 0.1) is 0 Å². The molecule has 2 N–H and O–H groups in total. The molecule has 0 aliphatic rings. The topological polar surface area (TPSA) is 53.1 Å². The first-order valence-corrected chi connectivity index (χ1v) is 9.81. The summed E-state index contributed by atoms with van der Waals surface area (Å²) in [6, 6.07) is 17.2. The van der Waals surface area contributed by atoms with Crippen molar-refractivity contribution in [1.82, 2.24) is 14.9 Å². The molecule has 0 spiro atoms. The van der Waals surface area contributed by atoms with Crippen LogP contribution in [0.15, 0.2) is 54.6 Å². The Hall–Kier alpha value is -2.34. The first-order chi connectivity index (χ1) is 13.5. The summed E-state index contributed by atoms with van der Waals surface area (Å²) in [5, 5.41) is 7.72. The zero-order valence-corrected chi connectivity index (χ0v) is 17.4. The summed E-state index contributed by atoms with van der Waals surface area (Å²) >= 11 is 12.2. The van der Waals surface area contributed by atoms with Gasteiger partial charge in [-0.3, -0.25) is 0 Å². The second-order valence-corrected chi connectivity index (χ2v) is 7.57. The molecule has 3 rings (SSSR count). The zero-order valence-electron chi connectivity index (χ0n) is 15.9. The van der Waals surface area contributed by atoms with Crippen molar-refractivity contribution < 1.29 is 0 Å². The van der Waals surface area contributed by atoms with E-state index in [0.717, 1.165) is 36.5 Å². The van der Waals surface area contributed by atoms with E-state index in [1.165, 1.54) is 0 Å². The number of anilines is 3. The van der Waals surface area contributed by atoms with Crippen LogP contribution in [0.3, 0.4) is 0 Å². The normalized spacial score (nSPS) is 10.9. The average Bonchev–Trinajstić information content (AvgIpc) is 2.65. The van der Waals surface area contributed by atoms with E-state index in [2.05, 4.69) is 39.6 Å². The Labute approximate surface area is 175 Å². The number of hydrogen-bond acceptors (Lipinski definition) is 5. The Morgan fingerprint density at radius 3 is 2.32 bits per heavy atom. The fraction of sp³-hybridized carbons (Fsp3) is 0.238. The van der Waals surface area contributed by atoms with Crippen molar-refractivity contribution in [2.24, 2.45) is 0 Å². The molecule has 1 heterocycles. The second kappa shape index (κ2) is 9.73. The Balaban J connectivity index is 1.86. The van der Waals surface area contributed by atoms with E-state index >= 15 is 0 Å². The number of rotatable bonds is 8. The van der Waals surface area contributed by atoms with E-state index in [4.69, 9.17) is 23.2 Å². The van der Waals surface area contributed by atoms with Gasteiger partial charge in [0.2, 0.25) is 5.95 Å². The lowest BCUT2D eigenvalue weighted by atomic mass is 10.1. The van der Waals surface area contributed by atoms with Gasteiger partial charge in [0.05, 0.1) is 5.69 Å². The molecule has 0 unspecified atom stereocenters. The Kier molecular flexibility index (Phi) is 7.09. The lowest BCUT2D eigenvalue weighted by Crippen LogP contribution is -2.17. The van der Waals surface area contributed by atoms with Gasteiger partial charge in [0.15, 0.2) is 0 Å². The highest BCUT2D eigenvalue weighted by Gasteiger charge is 2.08. The third-order valence-electron chi connectivity index (χ3n) is 4.00. The molecule has 28 heavy (non-hydrogen) atoms. The first-order valence-electron chi connectivity index (χ1n) is 9.06. The highest BCUT2D eigenvalue weighted by atomic mass is 35.5. The summed E-state index contributed by atoms with van der Waals surface area (Å²) in [7, 11) is 4.12. The SMILES string of the molecule is CN(C)CCCNc1nc(Nc2cc(Cl)cc(Cl)c2)cc(-c2ccccc2)n1. The number of nitrogens with zero attached hydrogens (tertiary/aromatic N) is 3. The predicted octanol–water partition coefficient (Wildman–Crippen LogP) is 5.56. The van der Waals surface area contributed by atoms with Gasteiger partial charge in [0.25, 0.3) is 0 Å². The Morgan fingerprint density at radius 1 is 0.929 bits per heavy atom. The van der Waals surface area contributed by atoms with Crippen molar-refractivity contribution >= 4 is 40.7 Å². The molecule has 5 nitrogen and oxygen atoms in total. The molecule has 7 heteroatoms. The first kappa shape index (κ1) is 20.4. The molecule has 3 aromatic rings. The third-order valence-corrected chi connectivity index (χ3v) is 4.43. The molecular formula is C21H23Cl2N5. The van der Waals surface area contributed by atoms with Crippen LogP contribution in [0.2, 0.25) is 10.0 Å². The maximum Gasteiger partial charge on any atom is 0.225 e. The van der Waals surface area contributed by atoms with Crippen LogP contribution in [0.1, 0.15) is 6.42 Å². The molecular weight excluding hydrogens is 393 g/mol. The Bertz CT molecular complexity index is 896. The number of halogens is 2. The minimum Gasteiger partial charge on any atom is -0.354 e. The molecule has 0 saturated heterocycles. The van der Waals surface area contributed by atoms with Crippen LogP contribution in [0.25, 0.3) is 11.3 Å². The van der Waals surface area contributed by atoms with E-state index in [9.17, 15) is 0 Å². The standard InChI is InChI=1S/C21H23Cl2N5/c1-28(2)10-6-9-24-21-26-19(15-7-4-3-5-8-15)14-20(27-21)25-18-12-16(22)11-17(23)13-18/h3-5,7-8,11-14H,6,9-10H2,1-2H3,(H2,24,25,26,27). The maximum absolute atomic E-state index is 6.11. The average molecular weight is 416 g/mol. The zero-order chi connectivity index (χ0) is 19.9. The summed E-state index contributed by atoms with van der Waals surface area (Å²) in [6.45, 7) is 1.79. The van der Waals surface area contributed by atoms with Crippen molar-refractivity contribution in [2.75, 3.05) is 37.8 Å². The molecule has 2 aromatic carbocycles. The third kappa shape index (κ3) is 6.09. The van der Waals surface area contributed by atoms with Crippen LogP contribution >= 0.6 is 23.2 Å². The molecule has 0 radical (unpaired) electrons. The van der Waals surface area contributed by atoms with Crippen molar-refractivity contribution in [3.8, 4) is 11.3 Å². The highest BCUT2D eigenvalue weighted by Crippen LogP contribution is 2.27. The lowest BCUT2D eigenvalue weighted by molar-refractivity contribution is 0.405. The maximum atomic E-state index is 6.11. The van der Waals surface area contributed by atoms with Gasteiger partial charge >= 0.3 is 0 Å². The number of nitrogens with one attached hydrogen (secondary N) is 2. The monoisotopic (exact) mass is 415 g/mol. The quantitative estimate of drug-likeness (QED) is 0.471. The molecule has 0 atom stereocenters. The summed E-state index contributed by atoms with van der Waals surface area (Å²) in [5.74, 6) is 1.25. The van der Waals surface area contributed by atoms with Crippen LogP contribution in [-0.2, 0) is 0 Å². The summed E-state index contributed by atoms with van der Waals surface area (Å²) in [4.78, 5) is 11.4. The van der Waals surface area contributed by atoms with Gasteiger partial charge < -0.3 is 15.5 Å². The molecule has 0 aliphatic heterocycles. The van der Waals surface area contributed by atoms with Gasteiger partial charge in [0, 0.05) is 33.9 Å². The van der Waals surface area contributed by atoms with E-state index in [1.807, 2.05) is 48.5 Å². The second-order valence-electron chi connectivity index (χ2n) is 6.69. The minimum atomic E-state index is 0.564. The Morgan fingerprint density at radius 2 is 1.64 bits per heavy atom. The molecule has 0 amide bonds. The number of aromatic nitrogens is 2. The van der Waals surface area contributed by atoms with Crippen molar-refractivity contribution in [1.29, 1.82) is 0 Å². The minimum absolute atomic E-state index is 0.564. The summed E-state index contributed by atoms with van der Waals surface area (Å²) in [6.07, 6.45) is 0.999. The summed E-state index contributed by atoms with van der Waals surface area (Å²) < 4.78 is 0. The summed E-state index contributed by atoms with van der Waals surface area (Å²) in [5.41, 5.74) is 2.63. The van der Waals surface area contributed by atoms with Gasteiger partial charge in [-0.25, -0.2) is 4.98 Å². The number of benzene rings is 2. The molecule has 146 valence electrons. The van der Waals surface area contributed by atoms with Crippen LogP contribution in [0.4, 0.5) is 17.5 Å². The highest BCUT2D eigenvalue weighted by molar-refractivity contribution is 6.35. The largest absolute Gasteiger partial charge is 0.354 e. The van der Waals surface area contributed by atoms with E-state index in [1.54, 1.807) is 6.07 Å². The molecule has 0 aliphatic carbocycles. The smallest absolute Gasteiger partial charge is 0.225 e. The van der Waals surface area contributed by atoms with Crippen LogP contribution in [-0.4, -0.2) is 42.1 Å².